The highest BCUT2D eigenvalue weighted by Crippen LogP contribution is 2.55. The van der Waals surface area contributed by atoms with E-state index in [4.69, 9.17) is 14.5 Å². The van der Waals surface area contributed by atoms with Gasteiger partial charge in [0.25, 0.3) is 0 Å². The molecular formula is C37H33F7N4O4. The molecule has 1 spiro atoms. The number of ether oxygens (including phenoxy) is 2. The Kier molecular flexibility index (Phi) is 8.83. The lowest BCUT2D eigenvalue weighted by Crippen LogP contribution is -2.53. The second-order valence-electron chi connectivity index (χ2n) is 13.4. The highest BCUT2D eigenvalue weighted by molar-refractivity contribution is 5.80. The zero-order chi connectivity index (χ0) is 37.2. The number of nitrogens with zero attached hydrogens (tertiary/aromatic N) is 4. The van der Waals surface area contributed by atoms with Crippen molar-refractivity contribution in [3.8, 4) is 28.0 Å². The average Bonchev–Trinajstić information content (AvgIpc) is 3.37. The van der Waals surface area contributed by atoms with Crippen LogP contribution in [0, 0.1) is 6.92 Å². The maximum absolute atomic E-state index is 13.9. The van der Waals surface area contributed by atoms with Crippen LogP contribution < -0.4 is 9.64 Å². The Balaban J connectivity index is 1.32. The van der Waals surface area contributed by atoms with Crippen LogP contribution in [0.25, 0.3) is 22.3 Å². The standard InChI is InChI=1S/C37H33F7N4O4/c1-20-10-21(19-49)4-6-27(20)22-5-7-31(51-2)28(13-22)29-15-45-33(47-16-26(38)17-47)46-30(29)18-48-34(50)52-32(35(48)8-3-9-35)23-11-24(36(39,40)41)14-25(12-23)37(42,43)44/h4-7,10-15,26,32,49H,3,8-9,16-19H2,1-2H3. The first-order chi connectivity index (χ1) is 24.6. The molecule has 52 heavy (non-hydrogen) atoms. The van der Waals surface area contributed by atoms with Crippen LogP contribution in [0.3, 0.4) is 0 Å². The number of carbonyl (C=O) groups is 1. The number of cyclic esters (lactones) is 1. The van der Waals surface area contributed by atoms with E-state index in [0.717, 1.165) is 22.3 Å². The van der Waals surface area contributed by atoms with Gasteiger partial charge in [-0.05, 0) is 84.3 Å². The minimum Gasteiger partial charge on any atom is -0.496 e. The molecule has 1 atom stereocenters. The van der Waals surface area contributed by atoms with E-state index in [2.05, 4.69) is 4.98 Å². The molecule has 3 aliphatic rings. The molecule has 8 nitrogen and oxygen atoms in total. The van der Waals surface area contributed by atoms with E-state index < -0.39 is 53.0 Å². The number of carbonyl (C=O) groups excluding carboxylic acids is 1. The summed E-state index contributed by atoms with van der Waals surface area (Å²) in [6.45, 7) is 1.64. The predicted molar refractivity (Wildman–Crippen MR) is 175 cm³/mol. The number of aliphatic hydroxyl groups is 1. The highest BCUT2D eigenvalue weighted by Gasteiger charge is 2.59. The number of anilines is 1. The van der Waals surface area contributed by atoms with Crippen LogP contribution in [0.5, 0.6) is 5.75 Å². The number of hydrogen-bond donors (Lipinski definition) is 1. The van der Waals surface area contributed by atoms with E-state index in [-0.39, 0.29) is 51.1 Å². The van der Waals surface area contributed by atoms with Gasteiger partial charge in [-0.25, -0.2) is 19.2 Å². The molecule has 1 N–H and O–H groups in total. The summed E-state index contributed by atoms with van der Waals surface area (Å²) in [6, 6.07) is 12.3. The summed E-state index contributed by atoms with van der Waals surface area (Å²) < 4.78 is 108. The Labute approximate surface area is 293 Å². The Morgan fingerprint density at radius 2 is 1.63 bits per heavy atom. The third kappa shape index (κ3) is 6.28. The molecule has 0 radical (unpaired) electrons. The molecule has 274 valence electrons. The van der Waals surface area contributed by atoms with Crippen molar-refractivity contribution in [2.24, 2.45) is 0 Å². The molecule has 3 heterocycles. The number of aliphatic hydroxyl groups excluding tert-OH is 1. The Morgan fingerprint density at radius 1 is 0.942 bits per heavy atom. The number of hydrogen-bond acceptors (Lipinski definition) is 7. The SMILES string of the molecule is COc1ccc(-c2ccc(CO)cc2C)cc1-c1cnc(N2CC(F)C2)nc1CN1C(=O)OC(c2cc(C(F)(F)F)cc(C(F)(F)F)c2)C12CCC2. The maximum atomic E-state index is 13.9. The lowest BCUT2D eigenvalue weighted by atomic mass is 9.70. The first-order valence-electron chi connectivity index (χ1n) is 16.5. The van der Waals surface area contributed by atoms with Gasteiger partial charge in [0.1, 0.15) is 11.9 Å². The highest BCUT2D eigenvalue weighted by atomic mass is 19.4. The van der Waals surface area contributed by atoms with Crippen molar-refractivity contribution in [2.45, 2.75) is 69.5 Å². The summed E-state index contributed by atoms with van der Waals surface area (Å²) in [4.78, 5) is 25.9. The van der Waals surface area contributed by atoms with E-state index in [1.54, 1.807) is 17.0 Å². The molecule has 4 aromatic rings. The third-order valence-corrected chi connectivity index (χ3v) is 10.2. The first kappa shape index (κ1) is 35.5. The van der Waals surface area contributed by atoms with E-state index in [1.807, 2.05) is 31.2 Å². The molecule has 0 bridgehead atoms. The summed E-state index contributed by atoms with van der Waals surface area (Å²) in [5.74, 6) is 0.625. The molecule has 3 aromatic carbocycles. The largest absolute Gasteiger partial charge is 0.496 e. The van der Waals surface area contributed by atoms with E-state index in [1.165, 1.54) is 18.2 Å². The Morgan fingerprint density at radius 3 is 2.19 bits per heavy atom. The minimum absolute atomic E-state index is 0.0436. The summed E-state index contributed by atoms with van der Waals surface area (Å²) >= 11 is 0. The van der Waals surface area contributed by atoms with Gasteiger partial charge in [0.15, 0.2) is 6.10 Å². The van der Waals surface area contributed by atoms with Crippen LogP contribution in [0.1, 0.15) is 58.9 Å². The van der Waals surface area contributed by atoms with E-state index in [9.17, 15) is 40.6 Å². The van der Waals surface area contributed by atoms with Gasteiger partial charge < -0.3 is 19.5 Å². The average molecular weight is 731 g/mol. The zero-order valence-corrected chi connectivity index (χ0v) is 28.0. The van der Waals surface area contributed by atoms with Gasteiger partial charge in [-0.3, -0.25) is 4.90 Å². The third-order valence-electron chi connectivity index (χ3n) is 10.2. The van der Waals surface area contributed by atoms with Gasteiger partial charge in [-0.15, -0.1) is 0 Å². The molecule has 3 fully saturated rings. The maximum Gasteiger partial charge on any atom is 0.416 e. The Bertz CT molecular complexity index is 1990. The zero-order valence-electron chi connectivity index (χ0n) is 28.0. The summed E-state index contributed by atoms with van der Waals surface area (Å²) in [7, 11) is 1.48. The number of aromatic nitrogens is 2. The number of amides is 1. The quantitative estimate of drug-likeness (QED) is 0.182. The summed E-state index contributed by atoms with van der Waals surface area (Å²) in [6.07, 6.45) is -11.0. The van der Waals surface area contributed by atoms with Crippen molar-refractivity contribution in [1.82, 2.24) is 14.9 Å². The number of halogens is 7. The number of methoxy groups -OCH3 is 1. The van der Waals surface area contributed by atoms with Crippen molar-refractivity contribution >= 4 is 12.0 Å². The van der Waals surface area contributed by atoms with Gasteiger partial charge in [0.05, 0.1) is 55.7 Å². The Hall–Kier alpha value is -4.92. The normalized spacial score (nSPS) is 18.7. The van der Waals surface area contributed by atoms with Gasteiger partial charge >= 0.3 is 18.4 Å². The molecule has 1 aliphatic carbocycles. The second-order valence-corrected chi connectivity index (χ2v) is 13.4. The van der Waals surface area contributed by atoms with Crippen molar-refractivity contribution in [3.63, 3.8) is 0 Å². The smallest absolute Gasteiger partial charge is 0.416 e. The predicted octanol–water partition coefficient (Wildman–Crippen LogP) is 8.43. The fourth-order valence-electron chi connectivity index (χ4n) is 7.28. The lowest BCUT2D eigenvalue weighted by molar-refractivity contribution is -0.143. The van der Waals surface area contributed by atoms with Crippen molar-refractivity contribution < 1.29 is 50.1 Å². The van der Waals surface area contributed by atoms with Crippen molar-refractivity contribution in [3.05, 3.63) is 94.3 Å². The fourth-order valence-corrected chi connectivity index (χ4v) is 7.28. The molecule has 15 heteroatoms. The molecule has 2 saturated heterocycles. The second kappa shape index (κ2) is 12.9. The topological polar surface area (TPSA) is 88.0 Å². The van der Waals surface area contributed by atoms with E-state index >= 15 is 0 Å². The number of rotatable bonds is 8. The molecule has 1 unspecified atom stereocenters. The van der Waals surface area contributed by atoms with Crippen LogP contribution in [0.2, 0.25) is 0 Å². The minimum atomic E-state index is -5.08. The van der Waals surface area contributed by atoms with Gasteiger partial charge in [-0.1, -0.05) is 24.3 Å². The summed E-state index contributed by atoms with van der Waals surface area (Å²) in [5, 5.41) is 9.60. The van der Waals surface area contributed by atoms with Crippen LogP contribution >= 0.6 is 0 Å². The number of aryl methyl sites for hydroxylation is 1. The van der Waals surface area contributed by atoms with Gasteiger partial charge in [-0.2, -0.15) is 26.3 Å². The van der Waals surface area contributed by atoms with Gasteiger partial charge in [0.2, 0.25) is 5.95 Å². The molecule has 1 amide bonds. The number of alkyl halides is 7. The lowest BCUT2D eigenvalue weighted by Gasteiger charge is -2.46. The van der Waals surface area contributed by atoms with Crippen molar-refractivity contribution in [1.29, 1.82) is 0 Å². The number of benzene rings is 3. The van der Waals surface area contributed by atoms with Crippen LogP contribution in [-0.4, -0.2) is 58.0 Å². The molecular weight excluding hydrogens is 697 g/mol. The van der Waals surface area contributed by atoms with E-state index in [0.29, 0.717) is 41.1 Å². The van der Waals surface area contributed by atoms with Gasteiger partial charge in [0, 0.05) is 17.3 Å². The van der Waals surface area contributed by atoms with Crippen molar-refractivity contribution in [2.75, 3.05) is 25.1 Å². The van der Waals surface area contributed by atoms with Crippen LogP contribution in [-0.2, 0) is 30.2 Å². The fraction of sp³-hybridized carbons (Fsp3) is 0.378. The van der Waals surface area contributed by atoms with Crippen LogP contribution in [0.15, 0.2) is 60.8 Å². The molecule has 7 rings (SSSR count). The molecule has 2 aliphatic heterocycles. The monoisotopic (exact) mass is 730 g/mol. The molecule has 1 saturated carbocycles. The molecule has 1 aromatic heterocycles. The van der Waals surface area contributed by atoms with Crippen LogP contribution in [0.4, 0.5) is 41.5 Å². The summed E-state index contributed by atoms with van der Waals surface area (Å²) in [5.41, 5.74) is -0.108. The first-order valence-corrected chi connectivity index (χ1v) is 16.5.